The SMILES string of the molecule is CN1C=C2Sc3c(F)cccc3N2N1. The number of rotatable bonds is 0. The van der Waals surface area contributed by atoms with E-state index in [9.17, 15) is 4.39 Å². The number of thioether (sulfide) groups is 1. The van der Waals surface area contributed by atoms with Crippen LogP contribution in [0.3, 0.4) is 0 Å². The van der Waals surface area contributed by atoms with E-state index >= 15 is 0 Å². The Kier molecular flexibility index (Phi) is 1.54. The van der Waals surface area contributed by atoms with Crippen LogP contribution in [0.1, 0.15) is 0 Å². The Morgan fingerprint density at radius 3 is 3.14 bits per heavy atom. The van der Waals surface area contributed by atoms with Gasteiger partial charge in [-0.15, -0.1) is 5.53 Å². The summed E-state index contributed by atoms with van der Waals surface area (Å²) in [5.41, 5.74) is 3.97. The zero-order valence-corrected chi connectivity index (χ0v) is 8.31. The summed E-state index contributed by atoms with van der Waals surface area (Å²) < 4.78 is 13.4. The average Bonchev–Trinajstić information content (AvgIpc) is 2.63. The van der Waals surface area contributed by atoms with Crippen LogP contribution in [0.15, 0.2) is 34.3 Å². The lowest BCUT2D eigenvalue weighted by atomic mass is 10.3. The smallest absolute Gasteiger partial charge is 0.139 e. The molecule has 0 atom stereocenters. The van der Waals surface area contributed by atoms with E-state index < -0.39 is 0 Å². The first kappa shape index (κ1) is 8.14. The van der Waals surface area contributed by atoms with E-state index in [1.54, 1.807) is 6.07 Å². The highest BCUT2D eigenvalue weighted by Crippen LogP contribution is 2.47. The summed E-state index contributed by atoms with van der Waals surface area (Å²) in [7, 11) is 1.91. The second-order valence-electron chi connectivity index (χ2n) is 3.20. The van der Waals surface area contributed by atoms with E-state index in [1.165, 1.54) is 17.8 Å². The first-order chi connectivity index (χ1) is 6.75. The van der Waals surface area contributed by atoms with Crippen molar-refractivity contribution in [2.75, 3.05) is 12.1 Å². The fourth-order valence-electron chi connectivity index (χ4n) is 1.58. The van der Waals surface area contributed by atoms with Gasteiger partial charge in [0.15, 0.2) is 0 Å². The van der Waals surface area contributed by atoms with Gasteiger partial charge in [0.25, 0.3) is 0 Å². The molecule has 0 aliphatic carbocycles. The molecule has 0 fully saturated rings. The van der Waals surface area contributed by atoms with Gasteiger partial charge in [-0.25, -0.2) is 9.40 Å². The van der Waals surface area contributed by atoms with Gasteiger partial charge in [0.1, 0.15) is 10.8 Å². The van der Waals surface area contributed by atoms with Crippen molar-refractivity contribution < 1.29 is 4.39 Å². The number of hydrogen-bond donors (Lipinski definition) is 1. The standard InChI is InChI=1S/C9H8FN3S/c1-12-5-8-13(11-12)7-4-2-3-6(10)9(7)14-8/h2-5,11H,1H3. The van der Waals surface area contributed by atoms with Crippen molar-refractivity contribution in [3.63, 3.8) is 0 Å². The fraction of sp³-hybridized carbons (Fsp3) is 0.111. The second kappa shape index (κ2) is 2.65. The summed E-state index contributed by atoms with van der Waals surface area (Å²) in [5, 5.41) is 4.73. The van der Waals surface area contributed by atoms with Gasteiger partial charge in [0.05, 0.1) is 10.6 Å². The van der Waals surface area contributed by atoms with Crippen LogP contribution >= 0.6 is 11.8 Å². The highest BCUT2D eigenvalue weighted by atomic mass is 32.2. The summed E-state index contributed by atoms with van der Waals surface area (Å²) >= 11 is 1.44. The van der Waals surface area contributed by atoms with Crippen LogP contribution in [0.4, 0.5) is 10.1 Å². The van der Waals surface area contributed by atoms with Crippen LogP contribution < -0.4 is 10.5 Å². The monoisotopic (exact) mass is 209 g/mol. The van der Waals surface area contributed by atoms with Crippen molar-refractivity contribution in [1.82, 2.24) is 10.5 Å². The maximum Gasteiger partial charge on any atom is 0.139 e. The number of nitrogens with one attached hydrogen (secondary N) is 1. The largest absolute Gasteiger partial charge is 0.298 e. The number of nitrogens with zero attached hydrogens (tertiary/aromatic N) is 2. The van der Waals surface area contributed by atoms with Gasteiger partial charge in [0, 0.05) is 13.2 Å². The molecule has 2 heterocycles. The van der Waals surface area contributed by atoms with Crippen molar-refractivity contribution in [3.05, 3.63) is 35.2 Å². The first-order valence-electron chi connectivity index (χ1n) is 4.23. The van der Waals surface area contributed by atoms with Gasteiger partial charge in [-0.1, -0.05) is 17.8 Å². The van der Waals surface area contributed by atoms with E-state index in [-0.39, 0.29) is 5.82 Å². The number of hydrogen-bond acceptors (Lipinski definition) is 4. The van der Waals surface area contributed by atoms with Crippen molar-refractivity contribution in [2.45, 2.75) is 4.90 Å². The highest BCUT2D eigenvalue weighted by molar-refractivity contribution is 8.03. The highest BCUT2D eigenvalue weighted by Gasteiger charge is 2.31. The van der Waals surface area contributed by atoms with Crippen LogP contribution in [0.25, 0.3) is 0 Å². The molecule has 1 aromatic carbocycles. The summed E-state index contributed by atoms with van der Waals surface area (Å²) in [5.74, 6) is -0.160. The molecule has 1 aromatic rings. The van der Waals surface area contributed by atoms with Crippen molar-refractivity contribution >= 4 is 17.4 Å². The molecule has 2 aliphatic heterocycles. The summed E-state index contributed by atoms with van der Waals surface area (Å²) in [6.07, 6.45) is 1.93. The Morgan fingerprint density at radius 2 is 2.29 bits per heavy atom. The third-order valence-electron chi connectivity index (χ3n) is 2.18. The van der Waals surface area contributed by atoms with E-state index in [0.29, 0.717) is 4.90 Å². The quantitative estimate of drug-likeness (QED) is 0.703. The van der Waals surface area contributed by atoms with Crippen LogP contribution in [-0.2, 0) is 0 Å². The summed E-state index contributed by atoms with van der Waals surface area (Å²) in [6.45, 7) is 0. The predicted octanol–water partition coefficient (Wildman–Crippen LogP) is 1.90. The molecule has 72 valence electrons. The molecule has 14 heavy (non-hydrogen) atoms. The van der Waals surface area contributed by atoms with Crippen molar-refractivity contribution in [1.29, 1.82) is 0 Å². The van der Waals surface area contributed by atoms with Crippen LogP contribution in [0.2, 0.25) is 0 Å². The molecule has 1 N–H and O–H groups in total. The lowest BCUT2D eigenvalue weighted by molar-refractivity contribution is 0.358. The third kappa shape index (κ3) is 0.964. The summed E-state index contributed by atoms with van der Waals surface area (Å²) in [6, 6.07) is 5.11. The maximum atomic E-state index is 13.4. The maximum absolute atomic E-state index is 13.4. The molecule has 0 spiro atoms. The van der Waals surface area contributed by atoms with E-state index in [1.807, 2.05) is 29.3 Å². The number of halogens is 1. The van der Waals surface area contributed by atoms with Gasteiger partial charge in [-0.3, -0.25) is 5.01 Å². The van der Waals surface area contributed by atoms with Gasteiger partial charge in [0.2, 0.25) is 0 Å². The van der Waals surface area contributed by atoms with E-state index in [4.69, 9.17) is 0 Å². The van der Waals surface area contributed by atoms with Gasteiger partial charge in [-0.2, -0.15) is 0 Å². The first-order valence-corrected chi connectivity index (χ1v) is 5.05. The predicted molar refractivity (Wildman–Crippen MR) is 53.7 cm³/mol. The van der Waals surface area contributed by atoms with Gasteiger partial charge in [-0.05, 0) is 12.1 Å². The Balaban J connectivity index is 2.13. The molecule has 0 aromatic heterocycles. The Morgan fingerprint density at radius 1 is 1.43 bits per heavy atom. The van der Waals surface area contributed by atoms with E-state index in [0.717, 1.165) is 10.7 Å². The fourth-order valence-corrected chi connectivity index (χ4v) is 2.66. The van der Waals surface area contributed by atoms with Gasteiger partial charge < -0.3 is 0 Å². The number of benzene rings is 1. The topological polar surface area (TPSA) is 18.5 Å². The number of hydrazine groups is 2. The lowest BCUT2D eigenvalue weighted by Gasteiger charge is -2.17. The zero-order valence-electron chi connectivity index (χ0n) is 7.49. The molecule has 2 aliphatic rings. The minimum Gasteiger partial charge on any atom is -0.298 e. The van der Waals surface area contributed by atoms with E-state index in [2.05, 4.69) is 5.53 Å². The zero-order chi connectivity index (χ0) is 9.71. The number of anilines is 1. The molecule has 3 nitrogen and oxygen atoms in total. The van der Waals surface area contributed by atoms with Crippen LogP contribution in [0, 0.1) is 5.82 Å². The molecular formula is C9H8FN3S. The van der Waals surface area contributed by atoms with Crippen molar-refractivity contribution in [2.24, 2.45) is 0 Å². The van der Waals surface area contributed by atoms with Crippen molar-refractivity contribution in [3.8, 4) is 0 Å². The Labute approximate surface area is 85.1 Å². The third-order valence-corrected chi connectivity index (χ3v) is 3.28. The van der Waals surface area contributed by atoms with Crippen LogP contribution in [-0.4, -0.2) is 12.1 Å². The molecular weight excluding hydrogens is 201 g/mol. The molecule has 5 heteroatoms. The molecule has 0 amide bonds. The molecule has 0 bridgehead atoms. The molecule has 0 radical (unpaired) electrons. The molecule has 0 saturated heterocycles. The minimum atomic E-state index is -0.160. The Bertz CT molecular complexity index is 432. The van der Waals surface area contributed by atoms with Gasteiger partial charge >= 0.3 is 0 Å². The van der Waals surface area contributed by atoms with Crippen LogP contribution in [0.5, 0.6) is 0 Å². The molecule has 0 saturated carbocycles. The lowest BCUT2D eigenvalue weighted by Crippen LogP contribution is -2.37. The second-order valence-corrected chi connectivity index (χ2v) is 4.23. The number of fused-ring (bicyclic) bond motifs is 3. The molecule has 0 unspecified atom stereocenters. The minimum absolute atomic E-state index is 0.160. The summed E-state index contributed by atoms with van der Waals surface area (Å²) in [4.78, 5) is 0.694. The Hall–Kier alpha value is -1.20. The molecule has 3 rings (SSSR count). The normalized spacial score (nSPS) is 18.3. The average molecular weight is 209 g/mol.